The van der Waals surface area contributed by atoms with Gasteiger partial charge in [0, 0.05) is 17.6 Å². The molecule has 2 nitrogen and oxygen atoms in total. The molecule has 0 N–H and O–H groups in total. The summed E-state index contributed by atoms with van der Waals surface area (Å²) in [6.07, 6.45) is 3.63. The SMILES string of the molecule is CCCC1CCN(C(=O)c2sccc2Br)C1. The van der Waals surface area contributed by atoms with Gasteiger partial charge in [0.1, 0.15) is 4.88 Å². The van der Waals surface area contributed by atoms with Crippen LogP contribution in [0.25, 0.3) is 0 Å². The zero-order valence-corrected chi connectivity index (χ0v) is 11.8. The summed E-state index contributed by atoms with van der Waals surface area (Å²) in [6, 6.07) is 1.94. The lowest BCUT2D eigenvalue weighted by molar-refractivity contribution is 0.0790. The largest absolute Gasteiger partial charge is 0.338 e. The Morgan fingerprint density at radius 2 is 2.50 bits per heavy atom. The minimum Gasteiger partial charge on any atom is -0.338 e. The van der Waals surface area contributed by atoms with Crippen LogP contribution in [0, 0.1) is 5.92 Å². The molecular weight excluding hydrogens is 286 g/mol. The fraction of sp³-hybridized carbons (Fsp3) is 0.583. The Bertz CT molecular complexity index is 377. The predicted molar refractivity (Wildman–Crippen MR) is 70.9 cm³/mol. The van der Waals surface area contributed by atoms with E-state index in [-0.39, 0.29) is 5.91 Å². The highest BCUT2D eigenvalue weighted by molar-refractivity contribution is 9.10. The molecule has 0 radical (unpaired) electrons. The molecule has 88 valence electrons. The van der Waals surface area contributed by atoms with Crippen LogP contribution < -0.4 is 0 Å². The first-order valence-electron chi connectivity index (χ1n) is 5.74. The van der Waals surface area contributed by atoms with Gasteiger partial charge in [-0.3, -0.25) is 4.79 Å². The highest BCUT2D eigenvalue weighted by Gasteiger charge is 2.27. The standard InChI is InChI=1S/C12H16BrNOS/c1-2-3-9-4-6-14(8-9)12(15)11-10(13)5-7-16-11/h5,7,9H,2-4,6,8H2,1H3. The molecule has 0 saturated carbocycles. The van der Waals surface area contributed by atoms with Gasteiger partial charge in [-0.2, -0.15) is 0 Å². The van der Waals surface area contributed by atoms with E-state index in [4.69, 9.17) is 0 Å². The van der Waals surface area contributed by atoms with Gasteiger partial charge in [-0.1, -0.05) is 13.3 Å². The van der Waals surface area contributed by atoms with E-state index in [1.807, 2.05) is 16.3 Å². The van der Waals surface area contributed by atoms with E-state index in [0.717, 1.165) is 22.4 Å². The van der Waals surface area contributed by atoms with Gasteiger partial charge in [0.05, 0.1) is 0 Å². The molecule has 1 aromatic rings. The smallest absolute Gasteiger partial charge is 0.265 e. The molecule has 1 saturated heterocycles. The van der Waals surface area contributed by atoms with Crippen LogP contribution in [0.1, 0.15) is 35.9 Å². The summed E-state index contributed by atoms with van der Waals surface area (Å²) in [7, 11) is 0. The Labute approximate surface area is 109 Å². The molecule has 1 aromatic heterocycles. The van der Waals surface area contributed by atoms with Crippen LogP contribution >= 0.6 is 27.3 Å². The summed E-state index contributed by atoms with van der Waals surface area (Å²) in [4.78, 5) is 15.0. The van der Waals surface area contributed by atoms with Gasteiger partial charge in [-0.25, -0.2) is 0 Å². The third kappa shape index (κ3) is 2.48. The van der Waals surface area contributed by atoms with Gasteiger partial charge in [0.25, 0.3) is 5.91 Å². The molecule has 2 heterocycles. The van der Waals surface area contributed by atoms with Crippen molar-refractivity contribution in [3.63, 3.8) is 0 Å². The van der Waals surface area contributed by atoms with Crippen LogP contribution in [-0.2, 0) is 0 Å². The van der Waals surface area contributed by atoms with Gasteiger partial charge in [0.2, 0.25) is 0 Å². The van der Waals surface area contributed by atoms with Crippen LogP contribution in [0.5, 0.6) is 0 Å². The first-order valence-corrected chi connectivity index (χ1v) is 7.42. The van der Waals surface area contributed by atoms with Crippen molar-refractivity contribution in [1.82, 2.24) is 4.90 Å². The molecule has 1 unspecified atom stereocenters. The second kappa shape index (κ2) is 5.32. The van der Waals surface area contributed by atoms with Crippen molar-refractivity contribution in [2.24, 2.45) is 5.92 Å². The highest BCUT2D eigenvalue weighted by Crippen LogP contribution is 2.28. The molecular formula is C12H16BrNOS. The fourth-order valence-corrected chi connectivity index (χ4v) is 3.76. The minimum atomic E-state index is 0.195. The monoisotopic (exact) mass is 301 g/mol. The number of carbonyl (C=O) groups is 1. The van der Waals surface area contributed by atoms with Crippen LogP contribution in [0.2, 0.25) is 0 Å². The Kier molecular flexibility index (Phi) is 4.03. The van der Waals surface area contributed by atoms with Crippen molar-refractivity contribution in [2.75, 3.05) is 13.1 Å². The van der Waals surface area contributed by atoms with Gasteiger partial charge in [-0.05, 0) is 46.1 Å². The van der Waals surface area contributed by atoms with E-state index in [1.54, 1.807) is 0 Å². The molecule has 0 bridgehead atoms. The lowest BCUT2D eigenvalue weighted by atomic mass is 10.0. The predicted octanol–water partition coefficient (Wildman–Crippen LogP) is 3.77. The maximum Gasteiger partial charge on any atom is 0.265 e. The number of rotatable bonds is 3. The number of hydrogen-bond acceptors (Lipinski definition) is 2. The maximum absolute atomic E-state index is 12.2. The summed E-state index contributed by atoms with van der Waals surface area (Å²) in [6.45, 7) is 4.07. The van der Waals surface area contributed by atoms with Gasteiger partial charge >= 0.3 is 0 Å². The van der Waals surface area contributed by atoms with E-state index in [2.05, 4.69) is 22.9 Å². The average Bonchev–Trinajstić information content (AvgIpc) is 2.87. The van der Waals surface area contributed by atoms with Crippen molar-refractivity contribution < 1.29 is 4.79 Å². The number of likely N-dealkylation sites (tertiary alicyclic amines) is 1. The van der Waals surface area contributed by atoms with Crippen molar-refractivity contribution in [2.45, 2.75) is 26.2 Å². The number of nitrogens with zero attached hydrogens (tertiary/aromatic N) is 1. The quantitative estimate of drug-likeness (QED) is 0.832. The third-order valence-electron chi connectivity index (χ3n) is 3.08. The zero-order valence-electron chi connectivity index (χ0n) is 9.41. The number of thiophene rings is 1. The summed E-state index contributed by atoms with van der Waals surface area (Å²) in [5.74, 6) is 0.910. The van der Waals surface area contributed by atoms with E-state index < -0.39 is 0 Å². The summed E-state index contributed by atoms with van der Waals surface area (Å²) in [5.41, 5.74) is 0. The second-order valence-corrected chi connectivity index (χ2v) is 6.06. The highest BCUT2D eigenvalue weighted by atomic mass is 79.9. The van der Waals surface area contributed by atoms with Gasteiger partial charge in [0.15, 0.2) is 0 Å². The lowest BCUT2D eigenvalue weighted by Gasteiger charge is -2.15. The number of amides is 1. The topological polar surface area (TPSA) is 20.3 Å². The van der Waals surface area contributed by atoms with Crippen LogP contribution in [-0.4, -0.2) is 23.9 Å². The molecule has 0 aromatic carbocycles. The molecule has 2 rings (SSSR count). The van der Waals surface area contributed by atoms with E-state index in [1.165, 1.54) is 30.6 Å². The van der Waals surface area contributed by atoms with Crippen LogP contribution in [0.15, 0.2) is 15.9 Å². The molecule has 1 atom stereocenters. The summed E-state index contributed by atoms with van der Waals surface area (Å²) < 4.78 is 0.932. The molecule has 1 amide bonds. The van der Waals surface area contributed by atoms with E-state index >= 15 is 0 Å². The first kappa shape index (κ1) is 12.1. The normalized spacial score (nSPS) is 20.4. The molecule has 1 aliphatic heterocycles. The van der Waals surface area contributed by atoms with Gasteiger partial charge < -0.3 is 4.90 Å². The first-order chi connectivity index (χ1) is 7.72. The minimum absolute atomic E-state index is 0.195. The Balaban J connectivity index is 2.00. The number of halogens is 1. The molecule has 4 heteroatoms. The Hall–Kier alpha value is -0.350. The molecule has 1 aliphatic rings. The second-order valence-electron chi connectivity index (χ2n) is 4.29. The van der Waals surface area contributed by atoms with Gasteiger partial charge in [-0.15, -0.1) is 11.3 Å². The lowest BCUT2D eigenvalue weighted by Crippen LogP contribution is -2.28. The number of carbonyl (C=O) groups excluding carboxylic acids is 1. The number of hydrogen-bond donors (Lipinski definition) is 0. The van der Waals surface area contributed by atoms with Crippen LogP contribution in [0.3, 0.4) is 0 Å². The third-order valence-corrected chi connectivity index (χ3v) is 4.91. The van der Waals surface area contributed by atoms with Crippen LogP contribution in [0.4, 0.5) is 0 Å². The van der Waals surface area contributed by atoms with Crippen molar-refractivity contribution >= 4 is 33.2 Å². The molecule has 0 spiro atoms. The van der Waals surface area contributed by atoms with Crippen molar-refractivity contribution in [1.29, 1.82) is 0 Å². The zero-order chi connectivity index (χ0) is 11.5. The fourth-order valence-electron chi connectivity index (χ4n) is 2.25. The van der Waals surface area contributed by atoms with Crippen molar-refractivity contribution in [3.05, 3.63) is 20.8 Å². The Morgan fingerprint density at radius 1 is 1.69 bits per heavy atom. The summed E-state index contributed by atoms with van der Waals surface area (Å²) >= 11 is 4.94. The van der Waals surface area contributed by atoms with Crippen molar-refractivity contribution in [3.8, 4) is 0 Å². The van der Waals surface area contributed by atoms with E-state index in [0.29, 0.717) is 5.92 Å². The Morgan fingerprint density at radius 3 is 3.12 bits per heavy atom. The molecule has 0 aliphatic carbocycles. The maximum atomic E-state index is 12.2. The molecule has 16 heavy (non-hydrogen) atoms. The molecule has 1 fully saturated rings. The summed E-state index contributed by atoms with van der Waals surface area (Å²) in [5, 5.41) is 1.96. The average molecular weight is 302 g/mol. The van der Waals surface area contributed by atoms with E-state index in [9.17, 15) is 4.79 Å².